The predicted octanol–water partition coefficient (Wildman–Crippen LogP) is 3.72. The summed E-state index contributed by atoms with van der Waals surface area (Å²) in [6, 6.07) is 7.51. The molecule has 1 fully saturated rings. The lowest BCUT2D eigenvalue weighted by molar-refractivity contribution is 0.0687. The highest BCUT2D eigenvalue weighted by Crippen LogP contribution is 2.27. The summed E-state index contributed by atoms with van der Waals surface area (Å²) in [7, 11) is 0. The Hall–Kier alpha value is -1.03. The maximum atomic E-state index is 12.6. The van der Waals surface area contributed by atoms with Crippen LogP contribution in [0.5, 0.6) is 5.75 Å². The van der Waals surface area contributed by atoms with Crippen molar-refractivity contribution >= 4 is 21.8 Å². The summed E-state index contributed by atoms with van der Waals surface area (Å²) in [6.45, 7) is 6.37. The summed E-state index contributed by atoms with van der Waals surface area (Å²) >= 11 is 3.65. The van der Waals surface area contributed by atoms with Crippen LogP contribution in [-0.2, 0) is 0 Å². The Labute approximate surface area is 129 Å². The van der Waals surface area contributed by atoms with Crippen LogP contribution in [0, 0.1) is 5.92 Å². The minimum Gasteiger partial charge on any atom is -0.493 e. The Morgan fingerprint density at radius 3 is 2.65 bits per heavy atom. The van der Waals surface area contributed by atoms with Crippen molar-refractivity contribution < 1.29 is 9.53 Å². The van der Waals surface area contributed by atoms with E-state index in [0.29, 0.717) is 28.7 Å². The molecule has 1 unspecified atom stereocenters. The van der Waals surface area contributed by atoms with Gasteiger partial charge in [0.25, 0.3) is 5.91 Å². The van der Waals surface area contributed by atoms with Gasteiger partial charge in [0.05, 0.1) is 12.2 Å². The molecule has 1 heterocycles. The van der Waals surface area contributed by atoms with Gasteiger partial charge in [0.15, 0.2) is 0 Å². The first-order valence-corrected chi connectivity index (χ1v) is 8.20. The standard InChI is InChI=1S/C16H22BrNO2/c1-3-20-15-7-5-4-6-14(15)16(19)18-10-8-13(9-11-18)12(2)17/h4-7,12-13H,3,8-11H2,1-2H3. The number of carbonyl (C=O) groups excluding carboxylic acids is 1. The Bertz CT molecular complexity index is 454. The third-order valence-corrected chi connectivity index (χ3v) is 4.64. The highest BCUT2D eigenvalue weighted by Gasteiger charge is 2.27. The molecule has 2 rings (SSSR count). The summed E-state index contributed by atoms with van der Waals surface area (Å²) in [5.74, 6) is 1.45. The average Bonchev–Trinajstić information content (AvgIpc) is 2.47. The van der Waals surface area contributed by atoms with E-state index in [0.717, 1.165) is 25.9 Å². The van der Waals surface area contributed by atoms with Gasteiger partial charge in [-0.1, -0.05) is 35.0 Å². The van der Waals surface area contributed by atoms with Crippen LogP contribution in [-0.4, -0.2) is 35.3 Å². The number of piperidine rings is 1. The zero-order valence-corrected chi connectivity index (χ0v) is 13.7. The van der Waals surface area contributed by atoms with Crippen LogP contribution in [0.3, 0.4) is 0 Å². The van der Waals surface area contributed by atoms with E-state index in [4.69, 9.17) is 4.74 Å². The maximum absolute atomic E-state index is 12.6. The molecule has 0 bridgehead atoms. The van der Waals surface area contributed by atoms with E-state index in [1.807, 2.05) is 36.1 Å². The van der Waals surface area contributed by atoms with Crippen LogP contribution in [0.15, 0.2) is 24.3 Å². The van der Waals surface area contributed by atoms with Gasteiger partial charge in [0.1, 0.15) is 5.75 Å². The van der Waals surface area contributed by atoms with Crippen LogP contribution < -0.4 is 4.74 Å². The zero-order valence-electron chi connectivity index (χ0n) is 12.1. The van der Waals surface area contributed by atoms with Crippen molar-refractivity contribution in [2.45, 2.75) is 31.5 Å². The highest BCUT2D eigenvalue weighted by atomic mass is 79.9. The largest absolute Gasteiger partial charge is 0.493 e. The number of para-hydroxylation sites is 1. The second-order valence-corrected chi connectivity index (χ2v) is 6.68. The van der Waals surface area contributed by atoms with Gasteiger partial charge in [-0.05, 0) is 37.8 Å². The van der Waals surface area contributed by atoms with Crippen LogP contribution >= 0.6 is 15.9 Å². The number of carbonyl (C=O) groups is 1. The van der Waals surface area contributed by atoms with Crippen molar-refractivity contribution in [1.82, 2.24) is 4.90 Å². The van der Waals surface area contributed by atoms with Crippen molar-refractivity contribution in [3.05, 3.63) is 29.8 Å². The van der Waals surface area contributed by atoms with Crippen LogP contribution in [0.1, 0.15) is 37.0 Å². The summed E-state index contributed by atoms with van der Waals surface area (Å²) in [5.41, 5.74) is 0.680. The minimum absolute atomic E-state index is 0.0923. The molecule has 0 aliphatic carbocycles. The molecule has 110 valence electrons. The fourth-order valence-corrected chi connectivity index (χ4v) is 3.19. The molecular formula is C16H22BrNO2. The number of ether oxygens (including phenoxy) is 1. The Kier molecular flexibility index (Phi) is 5.46. The van der Waals surface area contributed by atoms with Crippen molar-refractivity contribution in [3.8, 4) is 5.75 Å². The highest BCUT2D eigenvalue weighted by molar-refractivity contribution is 9.09. The van der Waals surface area contributed by atoms with E-state index in [2.05, 4.69) is 22.9 Å². The molecule has 1 saturated heterocycles. The molecule has 20 heavy (non-hydrogen) atoms. The molecule has 4 heteroatoms. The number of likely N-dealkylation sites (tertiary alicyclic amines) is 1. The number of halogens is 1. The lowest BCUT2D eigenvalue weighted by atomic mass is 9.94. The van der Waals surface area contributed by atoms with Crippen molar-refractivity contribution in [1.29, 1.82) is 0 Å². The zero-order chi connectivity index (χ0) is 14.5. The van der Waals surface area contributed by atoms with Gasteiger partial charge in [-0.2, -0.15) is 0 Å². The number of hydrogen-bond acceptors (Lipinski definition) is 2. The Morgan fingerprint density at radius 2 is 2.05 bits per heavy atom. The van der Waals surface area contributed by atoms with Crippen molar-refractivity contribution in [2.24, 2.45) is 5.92 Å². The molecule has 3 nitrogen and oxygen atoms in total. The molecule has 1 aromatic carbocycles. The number of rotatable bonds is 4. The van der Waals surface area contributed by atoms with Crippen LogP contribution in [0.2, 0.25) is 0 Å². The Morgan fingerprint density at radius 1 is 1.40 bits per heavy atom. The van der Waals surface area contributed by atoms with Gasteiger partial charge < -0.3 is 9.64 Å². The molecule has 0 spiro atoms. The number of amides is 1. The third-order valence-electron chi connectivity index (χ3n) is 3.89. The maximum Gasteiger partial charge on any atom is 0.257 e. The van der Waals surface area contributed by atoms with Gasteiger partial charge in [0.2, 0.25) is 0 Å². The first-order chi connectivity index (χ1) is 9.63. The summed E-state index contributed by atoms with van der Waals surface area (Å²) in [6.07, 6.45) is 2.13. The van der Waals surface area contributed by atoms with Gasteiger partial charge in [-0.15, -0.1) is 0 Å². The third kappa shape index (κ3) is 3.54. The Balaban J connectivity index is 2.05. The minimum atomic E-state index is 0.0923. The molecule has 1 aromatic rings. The lowest BCUT2D eigenvalue weighted by Gasteiger charge is -2.33. The van der Waals surface area contributed by atoms with E-state index in [1.165, 1.54) is 0 Å². The van der Waals surface area contributed by atoms with Crippen molar-refractivity contribution in [3.63, 3.8) is 0 Å². The second-order valence-electron chi connectivity index (χ2n) is 5.24. The summed E-state index contributed by atoms with van der Waals surface area (Å²) in [5, 5.41) is 0. The number of alkyl halides is 1. The fourth-order valence-electron chi connectivity index (χ4n) is 2.66. The van der Waals surface area contributed by atoms with Gasteiger partial charge >= 0.3 is 0 Å². The van der Waals surface area contributed by atoms with E-state index < -0.39 is 0 Å². The lowest BCUT2D eigenvalue weighted by Crippen LogP contribution is -2.40. The number of benzene rings is 1. The van der Waals surface area contributed by atoms with E-state index in [1.54, 1.807) is 0 Å². The molecule has 0 aromatic heterocycles. The molecule has 1 amide bonds. The van der Waals surface area contributed by atoms with E-state index in [9.17, 15) is 4.79 Å². The van der Waals surface area contributed by atoms with E-state index in [-0.39, 0.29) is 5.91 Å². The smallest absolute Gasteiger partial charge is 0.257 e. The molecule has 1 atom stereocenters. The topological polar surface area (TPSA) is 29.5 Å². The first kappa shape index (κ1) is 15.4. The monoisotopic (exact) mass is 339 g/mol. The molecule has 1 aliphatic rings. The van der Waals surface area contributed by atoms with Gasteiger partial charge in [-0.3, -0.25) is 4.79 Å². The summed E-state index contributed by atoms with van der Waals surface area (Å²) in [4.78, 5) is 15.1. The number of hydrogen-bond donors (Lipinski definition) is 0. The van der Waals surface area contributed by atoms with Crippen LogP contribution in [0.4, 0.5) is 0 Å². The second kappa shape index (κ2) is 7.11. The normalized spacial score (nSPS) is 17.9. The quantitative estimate of drug-likeness (QED) is 0.782. The SMILES string of the molecule is CCOc1ccccc1C(=O)N1CCC(C(C)Br)CC1. The van der Waals surface area contributed by atoms with Gasteiger partial charge in [-0.25, -0.2) is 0 Å². The summed E-state index contributed by atoms with van der Waals surface area (Å²) < 4.78 is 5.55. The molecule has 0 saturated carbocycles. The van der Waals surface area contributed by atoms with Crippen LogP contribution in [0.25, 0.3) is 0 Å². The molecule has 0 radical (unpaired) electrons. The molecular weight excluding hydrogens is 318 g/mol. The fraction of sp³-hybridized carbons (Fsp3) is 0.562. The number of nitrogens with zero attached hydrogens (tertiary/aromatic N) is 1. The van der Waals surface area contributed by atoms with Crippen molar-refractivity contribution in [2.75, 3.05) is 19.7 Å². The van der Waals surface area contributed by atoms with Gasteiger partial charge in [0, 0.05) is 17.9 Å². The average molecular weight is 340 g/mol. The predicted molar refractivity (Wildman–Crippen MR) is 84.6 cm³/mol. The molecule has 1 aliphatic heterocycles. The first-order valence-electron chi connectivity index (χ1n) is 7.28. The molecule has 0 N–H and O–H groups in total. The van der Waals surface area contributed by atoms with E-state index >= 15 is 0 Å².